The Morgan fingerprint density at radius 3 is 2.25 bits per heavy atom. The van der Waals surface area contributed by atoms with Gasteiger partial charge in [-0.15, -0.1) is 0 Å². The molecule has 0 aromatic heterocycles. The maximum Gasteiger partial charge on any atom is 0.125 e. The van der Waals surface area contributed by atoms with E-state index in [1.54, 1.807) is 0 Å². The molecule has 16 heavy (non-hydrogen) atoms. The second-order valence-electron chi connectivity index (χ2n) is 2.95. The van der Waals surface area contributed by atoms with Crippen molar-refractivity contribution in [3.8, 4) is 6.07 Å². The van der Waals surface area contributed by atoms with Crippen molar-refractivity contribution < 1.29 is 4.79 Å². The molecule has 1 unspecified atom stereocenters. The number of rotatable bonds is 3. The highest BCUT2D eigenvalue weighted by atomic mass is 16.1. The second kappa shape index (κ2) is 8.47. The third kappa shape index (κ3) is 3.73. The van der Waals surface area contributed by atoms with Gasteiger partial charge in [0.25, 0.3) is 0 Å². The summed E-state index contributed by atoms with van der Waals surface area (Å²) in [6.45, 7) is 5.85. The number of nitrogens with zero attached hydrogens (tertiary/aromatic N) is 1. The first kappa shape index (κ1) is 14.2. The fourth-order valence-corrected chi connectivity index (χ4v) is 1.33. The number of hydrogen-bond acceptors (Lipinski definition) is 2. The summed E-state index contributed by atoms with van der Waals surface area (Å²) in [5.74, 6) is 1.40. The SMILES string of the molecule is CC.CCC(=C=O)C(C#N)c1ccccc1. The van der Waals surface area contributed by atoms with Gasteiger partial charge in [0.15, 0.2) is 0 Å². The Bertz CT molecular complexity index is 383. The number of hydrogen-bond donors (Lipinski definition) is 0. The first-order chi connectivity index (χ1) is 7.83. The standard InChI is InChI=1S/C12H11NO.C2H6/c1-2-10(9-14)12(8-13)11-6-4-3-5-7-11;1-2/h3-7,12H,2H2,1H3;1-2H3. The molecular weight excluding hydrogens is 198 g/mol. The predicted octanol–water partition coefficient (Wildman–Crippen LogP) is 3.49. The predicted molar refractivity (Wildman–Crippen MR) is 65.6 cm³/mol. The fraction of sp³-hybridized carbons (Fsp3) is 0.357. The zero-order valence-electron chi connectivity index (χ0n) is 10.0. The van der Waals surface area contributed by atoms with Crippen molar-refractivity contribution in [3.63, 3.8) is 0 Å². The minimum Gasteiger partial charge on any atom is -0.233 e. The molecular formula is C14H17NO. The van der Waals surface area contributed by atoms with Gasteiger partial charge in [-0.2, -0.15) is 5.26 Å². The van der Waals surface area contributed by atoms with Crippen molar-refractivity contribution in [1.29, 1.82) is 5.26 Å². The van der Waals surface area contributed by atoms with Crippen LogP contribution < -0.4 is 0 Å². The van der Waals surface area contributed by atoms with Crippen molar-refractivity contribution in [3.05, 3.63) is 41.5 Å². The molecule has 2 heteroatoms. The van der Waals surface area contributed by atoms with Crippen LogP contribution in [0.5, 0.6) is 0 Å². The minimum absolute atomic E-state index is 0.446. The highest BCUT2D eigenvalue weighted by Gasteiger charge is 2.14. The maximum atomic E-state index is 10.6. The average molecular weight is 215 g/mol. The molecule has 1 rings (SSSR count). The molecule has 1 atom stereocenters. The molecule has 84 valence electrons. The number of carbonyl (C=O) groups excluding carboxylic acids is 1. The van der Waals surface area contributed by atoms with E-state index in [0.717, 1.165) is 5.56 Å². The molecule has 0 aliphatic heterocycles. The molecule has 0 amide bonds. The molecule has 0 saturated heterocycles. The molecule has 0 fully saturated rings. The van der Waals surface area contributed by atoms with Gasteiger partial charge in [0, 0.05) is 5.57 Å². The van der Waals surface area contributed by atoms with E-state index in [-0.39, 0.29) is 0 Å². The van der Waals surface area contributed by atoms with Crippen LogP contribution in [-0.2, 0) is 4.79 Å². The van der Waals surface area contributed by atoms with Crippen molar-refractivity contribution in [2.75, 3.05) is 0 Å². The zero-order valence-corrected chi connectivity index (χ0v) is 10.0. The first-order valence-electron chi connectivity index (χ1n) is 5.52. The number of nitriles is 1. The van der Waals surface area contributed by atoms with Gasteiger partial charge in [-0.3, -0.25) is 0 Å². The van der Waals surface area contributed by atoms with Gasteiger partial charge >= 0.3 is 0 Å². The number of benzene rings is 1. The van der Waals surface area contributed by atoms with Crippen molar-refractivity contribution >= 4 is 5.94 Å². The van der Waals surface area contributed by atoms with Gasteiger partial charge in [0.2, 0.25) is 0 Å². The van der Waals surface area contributed by atoms with E-state index in [0.29, 0.717) is 12.0 Å². The van der Waals surface area contributed by atoms with E-state index in [9.17, 15) is 4.79 Å². The molecule has 1 aromatic rings. The van der Waals surface area contributed by atoms with Gasteiger partial charge < -0.3 is 0 Å². The molecule has 0 heterocycles. The third-order valence-corrected chi connectivity index (χ3v) is 2.12. The highest BCUT2D eigenvalue weighted by Crippen LogP contribution is 2.23. The summed E-state index contributed by atoms with van der Waals surface area (Å²) in [7, 11) is 0. The Balaban J connectivity index is 0.00000106. The Morgan fingerprint density at radius 2 is 1.88 bits per heavy atom. The van der Waals surface area contributed by atoms with E-state index in [1.165, 1.54) is 0 Å². The van der Waals surface area contributed by atoms with Crippen molar-refractivity contribution in [1.82, 2.24) is 0 Å². The lowest BCUT2D eigenvalue weighted by Gasteiger charge is -2.08. The lowest BCUT2D eigenvalue weighted by Crippen LogP contribution is -1.99. The monoisotopic (exact) mass is 215 g/mol. The molecule has 0 radical (unpaired) electrons. The molecule has 2 nitrogen and oxygen atoms in total. The van der Waals surface area contributed by atoms with Gasteiger partial charge in [0.1, 0.15) is 11.9 Å². The Hall–Kier alpha value is -1.84. The lowest BCUT2D eigenvalue weighted by atomic mass is 9.92. The van der Waals surface area contributed by atoms with E-state index >= 15 is 0 Å². The largest absolute Gasteiger partial charge is 0.233 e. The van der Waals surface area contributed by atoms with Crippen LogP contribution in [0.3, 0.4) is 0 Å². The quantitative estimate of drug-likeness (QED) is 0.724. The molecule has 0 saturated carbocycles. The first-order valence-corrected chi connectivity index (χ1v) is 5.52. The van der Waals surface area contributed by atoms with Crippen LogP contribution in [-0.4, -0.2) is 5.94 Å². The summed E-state index contributed by atoms with van der Waals surface area (Å²) in [6.07, 6.45) is 0.566. The average Bonchev–Trinajstić information content (AvgIpc) is 2.39. The summed E-state index contributed by atoms with van der Waals surface area (Å²) < 4.78 is 0. The minimum atomic E-state index is -0.446. The Labute approximate surface area is 97.2 Å². The van der Waals surface area contributed by atoms with Crippen LogP contribution >= 0.6 is 0 Å². The van der Waals surface area contributed by atoms with Crippen LogP contribution in [0.4, 0.5) is 0 Å². The normalized spacial score (nSPS) is 10.1. The van der Waals surface area contributed by atoms with Crippen LogP contribution in [0.15, 0.2) is 35.9 Å². The van der Waals surface area contributed by atoms with E-state index in [4.69, 9.17) is 5.26 Å². The lowest BCUT2D eigenvalue weighted by molar-refractivity contribution is 0.565. The van der Waals surface area contributed by atoms with E-state index < -0.39 is 5.92 Å². The summed E-state index contributed by atoms with van der Waals surface area (Å²) in [5.41, 5.74) is 1.37. The van der Waals surface area contributed by atoms with Crippen LogP contribution in [0, 0.1) is 11.3 Å². The van der Waals surface area contributed by atoms with Crippen LogP contribution in [0.2, 0.25) is 0 Å². The molecule has 0 spiro atoms. The zero-order chi connectivity index (χ0) is 12.4. The molecule has 0 aliphatic rings. The smallest absolute Gasteiger partial charge is 0.125 e. The van der Waals surface area contributed by atoms with Crippen LogP contribution in [0.25, 0.3) is 0 Å². The number of allylic oxidation sites excluding steroid dienone is 1. The van der Waals surface area contributed by atoms with Gasteiger partial charge in [-0.05, 0) is 12.0 Å². The summed E-state index contributed by atoms with van der Waals surface area (Å²) in [4.78, 5) is 10.6. The van der Waals surface area contributed by atoms with Crippen molar-refractivity contribution in [2.24, 2.45) is 0 Å². The van der Waals surface area contributed by atoms with Crippen molar-refractivity contribution in [2.45, 2.75) is 33.1 Å². The Kier molecular flexibility index (Phi) is 7.49. The Morgan fingerprint density at radius 1 is 1.31 bits per heavy atom. The molecule has 0 N–H and O–H groups in total. The second-order valence-corrected chi connectivity index (χ2v) is 2.95. The van der Waals surface area contributed by atoms with Gasteiger partial charge in [-0.25, -0.2) is 4.79 Å². The molecule has 0 aliphatic carbocycles. The topological polar surface area (TPSA) is 40.9 Å². The van der Waals surface area contributed by atoms with Crippen LogP contribution in [0.1, 0.15) is 38.7 Å². The van der Waals surface area contributed by atoms with E-state index in [2.05, 4.69) is 6.07 Å². The van der Waals surface area contributed by atoms with E-state index in [1.807, 2.05) is 57.0 Å². The summed E-state index contributed by atoms with van der Waals surface area (Å²) in [6, 6.07) is 11.4. The third-order valence-electron chi connectivity index (χ3n) is 2.12. The van der Waals surface area contributed by atoms with Gasteiger partial charge in [0.05, 0.1) is 6.07 Å². The summed E-state index contributed by atoms with van der Waals surface area (Å²) in [5, 5.41) is 8.96. The molecule has 1 aromatic carbocycles. The fourth-order valence-electron chi connectivity index (χ4n) is 1.33. The highest BCUT2D eigenvalue weighted by molar-refractivity contribution is 5.58. The molecule has 0 bridgehead atoms. The maximum absolute atomic E-state index is 10.6. The van der Waals surface area contributed by atoms with Gasteiger partial charge in [-0.1, -0.05) is 51.1 Å². The summed E-state index contributed by atoms with van der Waals surface area (Å²) >= 11 is 0.